The number of aromatic nitrogens is 3. The lowest BCUT2D eigenvalue weighted by Gasteiger charge is -2.25. The van der Waals surface area contributed by atoms with Gasteiger partial charge in [0.25, 0.3) is 0 Å². The molecular formula is C21H24F3N5O3. The zero-order valence-corrected chi connectivity index (χ0v) is 17.2. The van der Waals surface area contributed by atoms with Crippen LogP contribution in [0.1, 0.15) is 49.5 Å². The molecule has 5 rings (SSSR count). The maximum absolute atomic E-state index is 12.9. The molecule has 0 unspecified atom stereocenters. The highest BCUT2D eigenvalue weighted by atomic mass is 19.4. The minimum atomic E-state index is -4.47. The zero-order valence-electron chi connectivity index (χ0n) is 17.2. The highest BCUT2D eigenvalue weighted by Crippen LogP contribution is 2.54. The van der Waals surface area contributed by atoms with Gasteiger partial charge in [-0.05, 0) is 62.0 Å². The summed E-state index contributed by atoms with van der Waals surface area (Å²) in [5.74, 6) is -0.227. The maximum atomic E-state index is 12.9. The number of carbonyl (C=O) groups excluding carboxylic acids is 1. The second kappa shape index (κ2) is 7.63. The van der Waals surface area contributed by atoms with Crippen molar-refractivity contribution in [1.82, 2.24) is 25.2 Å². The second-order valence-electron chi connectivity index (χ2n) is 9.21. The van der Waals surface area contributed by atoms with Crippen LogP contribution in [-0.2, 0) is 11.2 Å². The number of fused-ring (bicyclic) bond motifs is 1. The smallest absolute Gasteiger partial charge is 0.408 e. The van der Waals surface area contributed by atoms with Crippen LogP contribution in [0.15, 0.2) is 18.3 Å². The minimum absolute atomic E-state index is 0.0887. The van der Waals surface area contributed by atoms with Crippen LogP contribution in [0.25, 0.3) is 5.65 Å². The Bertz CT molecular complexity index is 1030. The topological polar surface area (TPSA) is 109 Å². The van der Waals surface area contributed by atoms with Gasteiger partial charge in [-0.1, -0.05) is 0 Å². The molecule has 0 spiro atoms. The van der Waals surface area contributed by atoms with Gasteiger partial charge in [-0.3, -0.25) is 4.79 Å². The molecule has 2 aliphatic carbocycles. The molecule has 1 saturated heterocycles. The fourth-order valence-electron chi connectivity index (χ4n) is 4.97. The second-order valence-corrected chi connectivity index (χ2v) is 9.21. The fraction of sp³-hybridized carbons (Fsp3) is 0.619. The van der Waals surface area contributed by atoms with Gasteiger partial charge >= 0.3 is 12.3 Å². The van der Waals surface area contributed by atoms with Gasteiger partial charge in [0.05, 0.1) is 23.6 Å². The van der Waals surface area contributed by atoms with Crippen LogP contribution in [0, 0.1) is 23.7 Å². The lowest BCUT2D eigenvalue weighted by molar-refractivity contribution is -0.154. The Morgan fingerprint density at radius 1 is 1.25 bits per heavy atom. The molecule has 3 aliphatic rings. The first-order chi connectivity index (χ1) is 15.2. The van der Waals surface area contributed by atoms with Gasteiger partial charge in [-0.2, -0.15) is 18.3 Å². The standard InChI is InChI=1S/C21H24F3N5O3/c22-21(23,24)15-8-12(19(30)26-15)7-13-5-6-16-25-14(9-29(16)28-13)18(27-20(31)32)17(10-1-2-10)11-3-4-11/h5-6,9-12,15,17-18,27H,1-4,7-8H2,(H,26,30)(H,31,32)/t12-,15-,18+/m0/s1. The molecule has 0 radical (unpaired) electrons. The van der Waals surface area contributed by atoms with Crippen molar-refractivity contribution in [3.8, 4) is 0 Å². The van der Waals surface area contributed by atoms with E-state index in [0.29, 0.717) is 28.9 Å². The van der Waals surface area contributed by atoms with Crippen molar-refractivity contribution in [2.75, 3.05) is 0 Å². The summed E-state index contributed by atoms with van der Waals surface area (Å²) >= 11 is 0. The van der Waals surface area contributed by atoms with E-state index in [0.717, 1.165) is 25.7 Å². The first kappa shape index (κ1) is 21.0. The van der Waals surface area contributed by atoms with Crippen LogP contribution >= 0.6 is 0 Å². The van der Waals surface area contributed by atoms with Gasteiger partial charge in [0.1, 0.15) is 6.04 Å². The number of halogens is 3. The van der Waals surface area contributed by atoms with Gasteiger partial charge in [0, 0.05) is 12.3 Å². The predicted molar refractivity (Wildman–Crippen MR) is 106 cm³/mol. The number of hydrogen-bond acceptors (Lipinski definition) is 4. The van der Waals surface area contributed by atoms with Crippen LogP contribution in [0.5, 0.6) is 0 Å². The van der Waals surface area contributed by atoms with Gasteiger partial charge in [0.15, 0.2) is 5.65 Å². The highest BCUT2D eigenvalue weighted by molar-refractivity contribution is 5.81. The number of nitrogens with zero attached hydrogens (tertiary/aromatic N) is 3. The SMILES string of the molecule is O=C(O)N[C@H](c1cn2nc(C[C@H]3C[C@@H](C(F)(F)F)NC3=O)ccc2n1)C(C1CC1)C1CC1. The summed E-state index contributed by atoms with van der Waals surface area (Å²) in [4.78, 5) is 28.1. The van der Waals surface area contributed by atoms with Gasteiger partial charge in [-0.25, -0.2) is 14.3 Å². The number of nitrogens with one attached hydrogen (secondary N) is 2. The summed E-state index contributed by atoms with van der Waals surface area (Å²) in [6.45, 7) is 0. The molecule has 3 fully saturated rings. The van der Waals surface area contributed by atoms with Gasteiger partial charge in [0.2, 0.25) is 5.91 Å². The number of hydrogen-bond donors (Lipinski definition) is 3. The molecular weight excluding hydrogens is 427 g/mol. The molecule has 3 atom stereocenters. The fourth-order valence-corrected chi connectivity index (χ4v) is 4.97. The van der Waals surface area contributed by atoms with E-state index in [2.05, 4.69) is 15.4 Å². The van der Waals surface area contributed by atoms with Gasteiger partial charge < -0.3 is 15.7 Å². The van der Waals surface area contributed by atoms with Crippen LogP contribution in [-0.4, -0.2) is 43.9 Å². The van der Waals surface area contributed by atoms with Crippen LogP contribution in [0.2, 0.25) is 0 Å². The Hall–Kier alpha value is -2.85. The highest BCUT2D eigenvalue weighted by Gasteiger charge is 2.48. The first-order valence-corrected chi connectivity index (χ1v) is 10.9. The van der Waals surface area contributed by atoms with Crippen molar-refractivity contribution >= 4 is 17.6 Å². The maximum Gasteiger partial charge on any atom is 0.408 e. The molecule has 2 aromatic rings. The Morgan fingerprint density at radius 2 is 1.94 bits per heavy atom. The molecule has 3 heterocycles. The summed E-state index contributed by atoms with van der Waals surface area (Å²) in [6, 6.07) is 1.10. The quantitative estimate of drug-likeness (QED) is 0.600. The minimum Gasteiger partial charge on any atom is -0.465 e. The molecule has 1 aliphatic heterocycles. The van der Waals surface area contributed by atoms with Crippen LogP contribution < -0.4 is 10.6 Å². The van der Waals surface area contributed by atoms with Crippen molar-refractivity contribution in [2.24, 2.45) is 23.7 Å². The first-order valence-electron chi connectivity index (χ1n) is 10.9. The van der Waals surface area contributed by atoms with Crippen molar-refractivity contribution in [3.05, 3.63) is 29.7 Å². The predicted octanol–water partition coefficient (Wildman–Crippen LogP) is 3.08. The molecule has 2 amide bonds. The number of imidazole rings is 1. The van der Waals surface area contributed by atoms with E-state index in [9.17, 15) is 27.9 Å². The molecule has 32 heavy (non-hydrogen) atoms. The molecule has 11 heteroatoms. The lowest BCUT2D eigenvalue weighted by Crippen LogP contribution is -2.38. The summed E-state index contributed by atoms with van der Waals surface area (Å²) < 4.78 is 40.3. The molecule has 0 bridgehead atoms. The zero-order chi connectivity index (χ0) is 22.6. The summed E-state index contributed by atoms with van der Waals surface area (Å²) in [5.41, 5.74) is 1.60. The van der Waals surface area contributed by atoms with E-state index in [4.69, 9.17) is 0 Å². The van der Waals surface area contributed by atoms with Crippen LogP contribution in [0.4, 0.5) is 18.0 Å². The van der Waals surface area contributed by atoms with Crippen molar-refractivity contribution < 1.29 is 27.9 Å². The molecule has 2 saturated carbocycles. The van der Waals surface area contributed by atoms with E-state index >= 15 is 0 Å². The number of amides is 2. The lowest BCUT2D eigenvalue weighted by atomic mass is 9.88. The Labute approximate surface area is 181 Å². The van der Waals surface area contributed by atoms with E-state index in [1.54, 1.807) is 18.3 Å². The van der Waals surface area contributed by atoms with E-state index in [-0.39, 0.29) is 18.8 Å². The third-order valence-electron chi connectivity index (χ3n) is 6.77. The van der Waals surface area contributed by atoms with Gasteiger partial charge in [-0.15, -0.1) is 0 Å². The Kier molecular flexibility index (Phi) is 5.01. The molecule has 8 nitrogen and oxygen atoms in total. The molecule has 3 N–H and O–H groups in total. The average Bonchev–Trinajstić information content (AvgIpc) is 3.63. The summed E-state index contributed by atoms with van der Waals surface area (Å²) in [7, 11) is 0. The molecule has 172 valence electrons. The number of carboxylic acid groups (broad SMARTS) is 1. The summed E-state index contributed by atoms with van der Waals surface area (Å²) in [5, 5.41) is 18.5. The van der Waals surface area contributed by atoms with Crippen molar-refractivity contribution in [3.63, 3.8) is 0 Å². The average molecular weight is 451 g/mol. The Balaban J connectivity index is 1.37. The molecule has 0 aromatic carbocycles. The third-order valence-corrected chi connectivity index (χ3v) is 6.77. The monoisotopic (exact) mass is 451 g/mol. The number of rotatable bonds is 7. The van der Waals surface area contributed by atoms with Crippen LogP contribution in [0.3, 0.4) is 0 Å². The Morgan fingerprint density at radius 3 is 2.50 bits per heavy atom. The van der Waals surface area contributed by atoms with Crippen molar-refractivity contribution in [2.45, 2.75) is 56.8 Å². The largest absolute Gasteiger partial charge is 0.465 e. The summed E-state index contributed by atoms with van der Waals surface area (Å²) in [6.07, 6.45) is 0.274. The van der Waals surface area contributed by atoms with Crippen molar-refractivity contribution in [1.29, 1.82) is 0 Å². The third kappa shape index (κ3) is 4.24. The van der Waals surface area contributed by atoms with E-state index in [1.165, 1.54) is 4.52 Å². The van der Waals surface area contributed by atoms with E-state index in [1.807, 2.05) is 5.32 Å². The number of carbonyl (C=O) groups is 2. The number of alkyl halides is 3. The van der Waals surface area contributed by atoms with E-state index < -0.39 is 36.2 Å². The normalized spacial score (nSPS) is 24.7. The molecule has 2 aromatic heterocycles.